The fourth-order valence-corrected chi connectivity index (χ4v) is 30.0. The van der Waals surface area contributed by atoms with Gasteiger partial charge in [-0.2, -0.15) is 0 Å². The van der Waals surface area contributed by atoms with Crippen molar-refractivity contribution in [2.45, 2.75) is 114 Å². The van der Waals surface area contributed by atoms with Gasteiger partial charge in [0.2, 0.25) is 0 Å². The maximum absolute atomic E-state index is 13.6. The van der Waals surface area contributed by atoms with Gasteiger partial charge in [0.15, 0.2) is 10.7 Å². The van der Waals surface area contributed by atoms with Crippen molar-refractivity contribution in [1.82, 2.24) is 69.8 Å². The van der Waals surface area contributed by atoms with Gasteiger partial charge in [-0.1, -0.05) is 89.0 Å². The highest BCUT2D eigenvalue weighted by Crippen LogP contribution is 2.58. The van der Waals surface area contributed by atoms with Crippen molar-refractivity contribution >= 4 is 226 Å². The Morgan fingerprint density at radius 2 is 0.839 bits per heavy atom. The molecule has 18 rings (SSSR count). The van der Waals surface area contributed by atoms with Crippen LogP contribution in [0.15, 0.2) is 81.6 Å². The van der Waals surface area contributed by atoms with Crippen LogP contribution in [0.1, 0.15) is 104 Å². The summed E-state index contributed by atoms with van der Waals surface area (Å²) in [6, 6.07) is 21.3. The minimum atomic E-state index is -0.488. The Bertz CT molecular complexity index is 6900. The number of benzene rings is 3. The number of non-ortho nitro benzene ring substituents is 1. The van der Waals surface area contributed by atoms with Crippen molar-refractivity contribution in [3.05, 3.63) is 163 Å². The molecule has 118 heavy (non-hydrogen) atoms. The maximum Gasteiger partial charge on any atom is 0.354 e. The molecule has 0 bridgehead atoms. The van der Waals surface area contributed by atoms with Gasteiger partial charge < -0.3 is 0 Å². The lowest BCUT2D eigenvalue weighted by Gasteiger charge is -2.17. The predicted octanol–water partition coefficient (Wildman–Crippen LogP) is 28.5. The molecule has 0 spiro atoms. The average molecular weight is 1940 g/mol. The number of hydrogen-bond donors (Lipinski definition) is 0. The first-order valence-corrected chi connectivity index (χ1v) is 50.0. The molecule has 0 aliphatic carbocycles. The second kappa shape index (κ2) is 31.7. The highest BCUT2D eigenvalue weighted by atomic mass is 79.9. The van der Waals surface area contributed by atoms with Crippen molar-refractivity contribution in [3.8, 4) is 168 Å². The SMILES string of the molecule is Cc1nc(-c2sc(C)nc2-c2nc(-c3sc(-c4sc(-c5nc(-c6nc(-c7nc(-c8nc(-c9sc(-c%10sc(C%11CSC=N%11)nc%10-c%10nc(-c%11nc(C)c(C)s%11)c(C)s%10)nc9C(C)(C)C)sc8C(C)(C)C)sc7[N+](=O)[O-])sc6Br)sc5-c5ccc(Cl)cc5)nc4-c4ccc(Cl)cc4)nc3-c3ccc([N+](=O)[O-])cc3)c(-c3sc(C)nc3C)s2)c(C)s1. The molecule has 14 aromatic heterocycles. The molecule has 0 amide bonds. The van der Waals surface area contributed by atoms with E-state index >= 15 is 0 Å². The summed E-state index contributed by atoms with van der Waals surface area (Å²) in [4.78, 5) is 115. The minimum Gasteiger partial charge on any atom is -0.275 e. The van der Waals surface area contributed by atoms with Gasteiger partial charge in [0.25, 0.3) is 5.69 Å². The van der Waals surface area contributed by atoms with E-state index in [-0.39, 0.29) is 22.4 Å². The lowest BCUT2D eigenvalue weighted by molar-refractivity contribution is -0.384. The predicted molar refractivity (Wildman–Crippen MR) is 503 cm³/mol. The summed E-state index contributed by atoms with van der Waals surface area (Å²) >= 11 is 39.6. The van der Waals surface area contributed by atoms with Crippen LogP contribution in [0.4, 0.5) is 10.7 Å². The lowest BCUT2D eigenvalue weighted by Crippen LogP contribution is -2.12. The van der Waals surface area contributed by atoms with Gasteiger partial charge in [0.05, 0.1) is 104 Å². The highest BCUT2D eigenvalue weighted by Gasteiger charge is 2.38. The Hall–Kier alpha value is -7.64. The quantitative estimate of drug-likeness (QED) is 0.0537. The Kier molecular flexibility index (Phi) is 21.8. The van der Waals surface area contributed by atoms with E-state index in [2.05, 4.69) is 78.2 Å². The number of nitro groups is 2. The summed E-state index contributed by atoms with van der Waals surface area (Å²) < 4.78 is 0.566. The molecule has 0 saturated carbocycles. The van der Waals surface area contributed by atoms with Crippen LogP contribution in [-0.4, -0.2) is 90.9 Å². The second-order valence-electron chi connectivity index (χ2n) is 29.2. The number of rotatable bonds is 19. The van der Waals surface area contributed by atoms with E-state index in [9.17, 15) is 20.2 Å². The Balaban J connectivity index is 0.750. The summed E-state index contributed by atoms with van der Waals surface area (Å²) in [7, 11) is 0. The first-order valence-electron chi connectivity index (χ1n) is 35.9. The average Bonchev–Trinajstić information content (AvgIpc) is 1.60. The molecule has 1 aliphatic rings. The van der Waals surface area contributed by atoms with Crippen LogP contribution in [0, 0.1) is 75.6 Å². The third-order valence-electron chi connectivity index (χ3n) is 18.6. The van der Waals surface area contributed by atoms with Gasteiger partial charge in [-0.15, -0.1) is 159 Å². The monoisotopic (exact) mass is 1940 g/mol. The number of aryl methyl sites for hydroxylation is 8. The number of halogens is 3. The third-order valence-corrected chi connectivity index (χ3v) is 36.2. The molecule has 594 valence electrons. The van der Waals surface area contributed by atoms with Gasteiger partial charge in [-0.05, 0) is 130 Å². The van der Waals surface area contributed by atoms with Crippen LogP contribution < -0.4 is 0 Å². The zero-order chi connectivity index (χ0) is 82.6. The molecule has 0 N–H and O–H groups in total. The molecular weight excluding hydrogens is 1880 g/mol. The van der Waals surface area contributed by atoms with E-state index < -0.39 is 20.7 Å². The minimum absolute atomic E-state index is 0.0709. The number of aromatic nitrogens is 14. The molecule has 0 fully saturated rings. The molecule has 1 unspecified atom stereocenters. The first kappa shape index (κ1) is 81.4. The summed E-state index contributed by atoms with van der Waals surface area (Å²) in [6.45, 7) is 29.0. The molecule has 0 radical (unpaired) electrons. The molecule has 3 aromatic carbocycles. The number of hydrogen-bond acceptors (Lipinski definition) is 34. The van der Waals surface area contributed by atoms with E-state index in [4.69, 9.17) is 98.0 Å². The van der Waals surface area contributed by atoms with Crippen LogP contribution in [0.3, 0.4) is 0 Å². The third kappa shape index (κ3) is 15.3. The van der Waals surface area contributed by atoms with E-state index in [1.807, 2.05) is 88.7 Å². The number of nitro benzene ring substituents is 1. The molecular formula is C79H58BrCl2N17O4S15. The zero-order valence-corrected chi connectivity index (χ0v) is 79.6. The fraction of sp³-hybridized carbons (Fsp3) is 0.228. The van der Waals surface area contributed by atoms with Gasteiger partial charge in [0, 0.05) is 64.0 Å². The van der Waals surface area contributed by atoms with Crippen molar-refractivity contribution in [1.29, 1.82) is 0 Å². The standard InChI is InChI=1S/C79H58BrCl2N17O4S15/c1-29-31(3)106-67(85-29)45-33(5)107-68(88-45)51-61(113-66(92-51)43-27-104-28-83-43)75-97-63(78(9,10)11)62(115-75)76-94-52(64(116-76)79(12,13)14)71-96-54(77(118-71)99(102)103)73-95-53(65(80)117-73)72-93-49(56(110-72)39-17-23-41(82)24-18-39)69-89-47(37-15-21-40(81)22-16-37)60(114-69)74-90-46(38-19-25-42(26-20-38)98(100)101)58(111-74)48-59(55-30(2)84-34(6)108-55)112-70(91-48)50-57(109-36(8)87-50)44-32(4)105-35(7)86-44/h15-26,28,43H,27H2,1-14H3. The Labute approximate surface area is 753 Å². The highest BCUT2D eigenvalue weighted by molar-refractivity contribution is 9.11. The Morgan fingerprint density at radius 1 is 0.364 bits per heavy atom. The van der Waals surface area contributed by atoms with Crippen molar-refractivity contribution in [2.75, 3.05) is 5.75 Å². The van der Waals surface area contributed by atoms with Crippen molar-refractivity contribution in [3.63, 3.8) is 0 Å². The van der Waals surface area contributed by atoms with Crippen molar-refractivity contribution in [2.24, 2.45) is 4.99 Å². The van der Waals surface area contributed by atoms with Gasteiger partial charge >= 0.3 is 5.00 Å². The van der Waals surface area contributed by atoms with Gasteiger partial charge in [-0.25, -0.2) is 69.8 Å². The lowest BCUT2D eigenvalue weighted by atomic mass is 9.91. The van der Waals surface area contributed by atoms with Crippen LogP contribution in [-0.2, 0) is 10.8 Å². The number of nitrogens with zero attached hydrogens (tertiary/aromatic N) is 17. The van der Waals surface area contributed by atoms with E-state index in [1.54, 1.807) is 115 Å². The molecule has 15 heterocycles. The van der Waals surface area contributed by atoms with E-state index in [0.717, 1.165) is 157 Å². The first-order chi connectivity index (χ1) is 56.3. The largest absolute Gasteiger partial charge is 0.354 e. The number of aliphatic imine (C=N–C) groups is 1. The number of thioether (sulfide) groups is 1. The molecule has 17 aromatic rings. The van der Waals surface area contributed by atoms with Gasteiger partial charge in [0.1, 0.15) is 99.8 Å². The van der Waals surface area contributed by atoms with Crippen LogP contribution in [0.5, 0.6) is 0 Å². The maximum atomic E-state index is 13.6. The second-order valence-corrected chi connectivity index (χ2v) is 47.5. The molecule has 39 heteroatoms. The van der Waals surface area contributed by atoms with E-state index in [1.165, 1.54) is 68.8 Å². The van der Waals surface area contributed by atoms with Gasteiger partial charge in [-0.3, -0.25) is 25.2 Å². The van der Waals surface area contributed by atoms with Crippen LogP contribution in [0.2, 0.25) is 10.0 Å². The van der Waals surface area contributed by atoms with E-state index in [0.29, 0.717) is 93.4 Å². The topological polar surface area (TPSA) is 279 Å². The molecule has 1 atom stereocenters. The molecule has 21 nitrogen and oxygen atoms in total. The summed E-state index contributed by atoms with van der Waals surface area (Å²) in [5, 5.41) is 36.5. The summed E-state index contributed by atoms with van der Waals surface area (Å²) in [5.74, 6) is 0.788. The van der Waals surface area contributed by atoms with Crippen LogP contribution in [0.25, 0.3) is 168 Å². The molecule has 0 saturated heterocycles. The fourth-order valence-electron chi connectivity index (χ4n) is 13.0. The molecule has 1 aliphatic heterocycles. The normalized spacial score (nSPS) is 13.2. The summed E-state index contributed by atoms with van der Waals surface area (Å²) in [6.07, 6.45) is 0. The zero-order valence-electron chi connectivity index (χ0n) is 64.3. The Morgan fingerprint density at radius 3 is 1.47 bits per heavy atom. The summed E-state index contributed by atoms with van der Waals surface area (Å²) in [5.41, 5.74) is 12.3. The van der Waals surface area contributed by atoms with Crippen LogP contribution >= 0.6 is 210 Å². The van der Waals surface area contributed by atoms with Crippen molar-refractivity contribution < 1.29 is 9.85 Å². The number of thiazole rings is 14. The smallest absolute Gasteiger partial charge is 0.275 e.